The molecule has 6 nitrogen and oxygen atoms in total. The topological polar surface area (TPSA) is 62.2 Å². The van der Waals surface area contributed by atoms with E-state index in [0.29, 0.717) is 24.0 Å². The van der Waals surface area contributed by atoms with E-state index in [4.69, 9.17) is 11.6 Å². The van der Waals surface area contributed by atoms with E-state index >= 15 is 0 Å². The number of benzene rings is 2. The van der Waals surface area contributed by atoms with Gasteiger partial charge in [0.1, 0.15) is 5.82 Å². The molecule has 2 heterocycles. The molecule has 0 spiro atoms. The van der Waals surface area contributed by atoms with Crippen molar-refractivity contribution in [3.63, 3.8) is 0 Å². The van der Waals surface area contributed by atoms with Gasteiger partial charge < -0.3 is 4.90 Å². The van der Waals surface area contributed by atoms with Crippen molar-refractivity contribution in [1.29, 1.82) is 0 Å². The largest absolute Gasteiger partial charge is 0.345 e. The molecule has 1 aromatic heterocycles. The molecular formula is C26H31ClFN5O. The van der Waals surface area contributed by atoms with Gasteiger partial charge in [0.2, 0.25) is 5.91 Å². The van der Waals surface area contributed by atoms with Crippen molar-refractivity contribution in [3.05, 3.63) is 81.9 Å². The van der Waals surface area contributed by atoms with Gasteiger partial charge in [0.05, 0.1) is 17.8 Å². The molecular weight excluding hydrogens is 453 g/mol. The van der Waals surface area contributed by atoms with E-state index in [2.05, 4.69) is 16.0 Å². The minimum Gasteiger partial charge on any atom is -0.345 e. The molecule has 2 N–H and O–H groups in total. The van der Waals surface area contributed by atoms with Crippen LogP contribution in [0, 0.1) is 19.7 Å². The zero-order valence-electron chi connectivity index (χ0n) is 19.8. The van der Waals surface area contributed by atoms with Crippen molar-refractivity contribution in [2.45, 2.75) is 51.6 Å². The lowest BCUT2D eigenvalue weighted by Crippen LogP contribution is -2.33. The smallest absolute Gasteiger partial charge is 0.226 e. The van der Waals surface area contributed by atoms with Gasteiger partial charge in [-0.2, -0.15) is 5.10 Å². The number of aromatic nitrogens is 2. The predicted octanol–water partition coefficient (Wildman–Crippen LogP) is 4.67. The molecule has 0 bridgehead atoms. The molecule has 34 heavy (non-hydrogen) atoms. The van der Waals surface area contributed by atoms with Crippen molar-refractivity contribution in [2.75, 3.05) is 13.6 Å². The minimum absolute atomic E-state index is 0.0806. The summed E-state index contributed by atoms with van der Waals surface area (Å²) in [5.41, 5.74) is 11.2. The van der Waals surface area contributed by atoms with Gasteiger partial charge in [0.25, 0.3) is 0 Å². The fraction of sp³-hybridized carbons (Fsp3) is 0.385. The quantitative estimate of drug-likeness (QED) is 0.488. The lowest BCUT2D eigenvalue weighted by atomic mass is 9.99. The van der Waals surface area contributed by atoms with Gasteiger partial charge in [-0.05, 0) is 75.1 Å². The Kier molecular flexibility index (Phi) is 7.66. The second kappa shape index (κ2) is 10.7. The number of aryl methyl sites for hydroxylation is 1. The highest BCUT2D eigenvalue weighted by Crippen LogP contribution is 2.25. The van der Waals surface area contributed by atoms with Gasteiger partial charge in [-0.25, -0.2) is 9.07 Å². The van der Waals surface area contributed by atoms with Crippen LogP contribution in [-0.2, 0) is 11.2 Å². The van der Waals surface area contributed by atoms with Crippen LogP contribution in [0.2, 0.25) is 5.02 Å². The maximum Gasteiger partial charge on any atom is 0.226 e. The van der Waals surface area contributed by atoms with Gasteiger partial charge in [-0.3, -0.25) is 15.6 Å². The average molecular weight is 484 g/mol. The summed E-state index contributed by atoms with van der Waals surface area (Å²) in [4.78, 5) is 14.7. The van der Waals surface area contributed by atoms with E-state index in [9.17, 15) is 9.18 Å². The van der Waals surface area contributed by atoms with Gasteiger partial charge in [-0.1, -0.05) is 23.7 Å². The third-order valence-electron chi connectivity index (χ3n) is 6.55. The molecule has 0 aliphatic carbocycles. The fourth-order valence-electron chi connectivity index (χ4n) is 4.50. The number of amides is 1. The number of carbonyl (C=O) groups is 1. The third kappa shape index (κ3) is 5.66. The molecule has 2 aromatic carbocycles. The Balaban J connectivity index is 1.27. The number of halogens is 2. The van der Waals surface area contributed by atoms with Crippen LogP contribution in [0.15, 0.2) is 48.5 Å². The van der Waals surface area contributed by atoms with Crippen LogP contribution in [0.1, 0.15) is 47.8 Å². The first-order valence-electron chi connectivity index (χ1n) is 11.6. The van der Waals surface area contributed by atoms with Crippen molar-refractivity contribution in [2.24, 2.45) is 0 Å². The van der Waals surface area contributed by atoms with Crippen molar-refractivity contribution >= 4 is 17.5 Å². The number of hydrazine groups is 1. The van der Waals surface area contributed by atoms with E-state index in [1.807, 2.05) is 55.9 Å². The number of carbonyl (C=O) groups excluding carboxylic acids is 1. The molecule has 2 unspecified atom stereocenters. The van der Waals surface area contributed by atoms with Crippen LogP contribution < -0.4 is 10.9 Å². The van der Waals surface area contributed by atoms with Crippen LogP contribution in [0.3, 0.4) is 0 Å². The molecule has 8 heteroatoms. The predicted molar refractivity (Wildman–Crippen MR) is 132 cm³/mol. The van der Waals surface area contributed by atoms with E-state index < -0.39 is 0 Å². The van der Waals surface area contributed by atoms with Crippen molar-refractivity contribution in [1.82, 2.24) is 25.5 Å². The SMILES string of the molecule is Cc1nn(-c2ccc(Cl)cc2)c(C)c1CC(=O)N(C)CCCC1CC(c2cccc(F)c2)NN1. The molecule has 1 fully saturated rings. The Labute approximate surface area is 205 Å². The zero-order chi connectivity index (χ0) is 24.2. The lowest BCUT2D eigenvalue weighted by Gasteiger charge is -2.18. The van der Waals surface area contributed by atoms with Crippen LogP contribution in [0.25, 0.3) is 5.69 Å². The third-order valence-corrected chi connectivity index (χ3v) is 6.80. The first kappa shape index (κ1) is 24.4. The van der Waals surface area contributed by atoms with Gasteiger partial charge in [-0.15, -0.1) is 0 Å². The maximum atomic E-state index is 13.5. The van der Waals surface area contributed by atoms with Crippen LogP contribution >= 0.6 is 11.6 Å². The molecule has 3 aromatic rings. The Morgan fingerprint density at radius 2 is 1.97 bits per heavy atom. The number of hydrogen-bond donors (Lipinski definition) is 2. The van der Waals surface area contributed by atoms with Crippen LogP contribution in [0.4, 0.5) is 4.39 Å². The Morgan fingerprint density at radius 3 is 2.71 bits per heavy atom. The van der Waals surface area contributed by atoms with Crippen LogP contribution in [-0.4, -0.2) is 40.2 Å². The standard InChI is InChI=1S/C26H31ClFN5O/c1-17-24(18(2)33(31-17)23-11-9-20(27)10-12-23)16-26(34)32(3)13-5-8-22-15-25(30-29-22)19-6-4-7-21(28)14-19/h4,6-7,9-12,14,22,25,29-30H,5,8,13,15-16H2,1-3H3. The Bertz CT molecular complexity index is 1150. The number of nitrogens with zero attached hydrogens (tertiary/aromatic N) is 3. The molecule has 180 valence electrons. The molecule has 4 rings (SSSR count). The Morgan fingerprint density at radius 1 is 1.21 bits per heavy atom. The van der Waals surface area contributed by atoms with E-state index in [-0.39, 0.29) is 17.8 Å². The summed E-state index contributed by atoms with van der Waals surface area (Å²) >= 11 is 6.00. The van der Waals surface area contributed by atoms with Crippen molar-refractivity contribution < 1.29 is 9.18 Å². The summed E-state index contributed by atoms with van der Waals surface area (Å²) in [7, 11) is 1.85. The molecule has 1 aliphatic heterocycles. The number of likely N-dealkylation sites (N-methyl/N-ethyl adjacent to an activating group) is 1. The van der Waals surface area contributed by atoms with E-state index in [0.717, 1.165) is 47.5 Å². The lowest BCUT2D eigenvalue weighted by molar-refractivity contribution is -0.129. The number of nitrogens with one attached hydrogen (secondary N) is 2. The van der Waals surface area contributed by atoms with Gasteiger partial charge in [0, 0.05) is 42.0 Å². The maximum absolute atomic E-state index is 13.5. The zero-order valence-corrected chi connectivity index (χ0v) is 20.6. The number of rotatable bonds is 8. The van der Waals surface area contributed by atoms with E-state index in [1.165, 1.54) is 6.07 Å². The Hall–Kier alpha value is -2.74. The van der Waals surface area contributed by atoms with Crippen LogP contribution in [0.5, 0.6) is 0 Å². The summed E-state index contributed by atoms with van der Waals surface area (Å²) in [5.74, 6) is -0.135. The normalized spacial score (nSPS) is 17.8. The highest BCUT2D eigenvalue weighted by Gasteiger charge is 2.25. The number of hydrogen-bond acceptors (Lipinski definition) is 4. The molecule has 2 atom stereocenters. The highest BCUT2D eigenvalue weighted by molar-refractivity contribution is 6.30. The molecule has 0 saturated carbocycles. The van der Waals surface area contributed by atoms with Crippen molar-refractivity contribution in [3.8, 4) is 5.69 Å². The minimum atomic E-state index is -0.216. The summed E-state index contributed by atoms with van der Waals surface area (Å²) in [6.45, 7) is 4.62. The monoisotopic (exact) mass is 483 g/mol. The van der Waals surface area contributed by atoms with Gasteiger partial charge in [0.15, 0.2) is 0 Å². The molecule has 1 aliphatic rings. The first-order valence-corrected chi connectivity index (χ1v) is 12.0. The first-order chi connectivity index (χ1) is 16.3. The fourth-order valence-corrected chi connectivity index (χ4v) is 4.63. The van der Waals surface area contributed by atoms with E-state index in [1.54, 1.807) is 17.0 Å². The molecule has 1 amide bonds. The summed E-state index contributed by atoms with van der Waals surface area (Å²) in [5, 5.41) is 5.31. The second-order valence-corrected chi connectivity index (χ2v) is 9.44. The molecule has 1 saturated heterocycles. The summed E-state index contributed by atoms with van der Waals surface area (Å²) < 4.78 is 15.4. The second-order valence-electron chi connectivity index (χ2n) is 9.00. The van der Waals surface area contributed by atoms with Gasteiger partial charge >= 0.3 is 0 Å². The summed E-state index contributed by atoms with van der Waals surface area (Å²) in [6.07, 6.45) is 3.04. The summed E-state index contributed by atoms with van der Waals surface area (Å²) in [6, 6.07) is 14.6. The average Bonchev–Trinajstić information content (AvgIpc) is 3.40. The molecule has 0 radical (unpaired) electrons. The highest BCUT2D eigenvalue weighted by atomic mass is 35.5.